The molecule has 88 valence electrons. The summed E-state index contributed by atoms with van der Waals surface area (Å²) < 4.78 is 11.2. The Morgan fingerprint density at radius 2 is 2.12 bits per heavy atom. The van der Waals surface area contributed by atoms with Crippen LogP contribution in [0.5, 0.6) is 5.75 Å². The van der Waals surface area contributed by atoms with Gasteiger partial charge >= 0.3 is 0 Å². The standard InChI is InChI=1S/C11H14O2S3/c1-12-7-13-10-5-4-8(15-2)6-9(10)11(14)16-3/h4-6H,7H2,1-3H3. The number of thioether (sulfide) groups is 2. The molecule has 0 amide bonds. The van der Waals surface area contributed by atoms with Crippen molar-refractivity contribution in [1.82, 2.24) is 0 Å². The van der Waals surface area contributed by atoms with Gasteiger partial charge in [0.25, 0.3) is 0 Å². The van der Waals surface area contributed by atoms with E-state index in [1.807, 2.05) is 24.6 Å². The van der Waals surface area contributed by atoms with E-state index in [1.165, 1.54) is 4.90 Å². The van der Waals surface area contributed by atoms with Crippen LogP contribution in [0.25, 0.3) is 0 Å². The summed E-state index contributed by atoms with van der Waals surface area (Å²) in [6.45, 7) is 0.239. The molecule has 0 spiro atoms. The van der Waals surface area contributed by atoms with E-state index in [0.717, 1.165) is 15.5 Å². The number of ether oxygens (including phenoxy) is 2. The lowest BCUT2D eigenvalue weighted by molar-refractivity contribution is 0.0510. The molecule has 0 atom stereocenters. The van der Waals surface area contributed by atoms with Crippen LogP contribution in [0.3, 0.4) is 0 Å². The largest absolute Gasteiger partial charge is 0.467 e. The van der Waals surface area contributed by atoms with Gasteiger partial charge in [0.2, 0.25) is 0 Å². The minimum Gasteiger partial charge on any atom is -0.467 e. The highest BCUT2D eigenvalue weighted by molar-refractivity contribution is 8.23. The number of thiocarbonyl (C=S) groups is 1. The Labute approximate surface area is 110 Å². The molecule has 0 saturated heterocycles. The van der Waals surface area contributed by atoms with Crippen molar-refractivity contribution in [3.05, 3.63) is 23.8 Å². The molecule has 0 unspecified atom stereocenters. The van der Waals surface area contributed by atoms with E-state index in [0.29, 0.717) is 0 Å². The second-order valence-electron chi connectivity index (χ2n) is 2.90. The maximum atomic E-state index is 5.48. The summed E-state index contributed by atoms with van der Waals surface area (Å²) in [6, 6.07) is 6.00. The molecule has 0 aliphatic rings. The molecule has 0 N–H and O–H groups in total. The van der Waals surface area contributed by atoms with E-state index >= 15 is 0 Å². The van der Waals surface area contributed by atoms with Crippen molar-refractivity contribution in [2.75, 3.05) is 26.4 Å². The van der Waals surface area contributed by atoms with Crippen LogP contribution < -0.4 is 4.74 Å². The zero-order chi connectivity index (χ0) is 12.0. The molecule has 1 rings (SSSR count). The first-order valence-corrected chi connectivity index (χ1v) is 7.46. The monoisotopic (exact) mass is 274 g/mol. The summed E-state index contributed by atoms with van der Waals surface area (Å²) in [6.07, 6.45) is 4.01. The van der Waals surface area contributed by atoms with Gasteiger partial charge in [-0.3, -0.25) is 0 Å². The van der Waals surface area contributed by atoms with E-state index in [2.05, 4.69) is 6.07 Å². The Morgan fingerprint density at radius 1 is 1.38 bits per heavy atom. The predicted molar refractivity (Wildman–Crippen MR) is 75.9 cm³/mol. The van der Waals surface area contributed by atoms with Crippen LogP contribution in [0.2, 0.25) is 0 Å². The molecule has 0 bridgehead atoms. The third kappa shape index (κ3) is 3.66. The van der Waals surface area contributed by atoms with Crippen LogP contribution in [0.15, 0.2) is 23.1 Å². The van der Waals surface area contributed by atoms with Gasteiger partial charge in [-0.25, -0.2) is 0 Å². The fraction of sp³-hybridized carbons (Fsp3) is 0.364. The van der Waals surface area contributed by atoms with E-state index in [1.54, 1.807) is 30.6 Å². The summed E-state index contributed by atoms with van der Waals surface area (Å²) in [4.78, 5) is 1.18. The van der Waals surface area contributed by atoms with Crippen LogP contribution in [0.4, 0.5) is 0 Å². The Balaban J connectivity index is 3.01. The Hall–Kier alpha value is -0.230. The van der Waals surface area contributed by atoms with Crippen LogP contribution in [-0.4, -0.2) is 30.6 Å². The fourth-order valence-electron chi connectivity index (χ4n) is 1.15. The minimum atomic E-state index is 0.239. The highest BCUT2D eigenvalue weighted by atomic mass is 32.2. The molecule has 0 aromatic heterocycles. The summed E-state index contributed by atoms with van der Waals surface area (Å²) >= 11 is 8.53. The molecule has 1 aromatic carbocycles. The van der Waals surface area contributed by atoms with Gasteiger partial charge in [0.05, 0.1) is 4.20 Å². The average molecular weight is 274 g/mol. The Morgan fingerprint density at radius 3 is 2.69 bits per heavy atom. The Bertz CT molecular complexity index is 366. The van der Waals surface area contributed by atoms with E-state index in [-0.39, 0.29) is 6.79 Å². The summed E-state index contributed by atoms with van der Waals surface area (Å²) in [5, 5.41) is 0. The molecule has 2 nitrogen and oxygen atoms in total. The fourth-order valence-corrected chi connectivity index (χ4v) is 2.13. The zero-order valence-corrected chi connectivity index (χ0v) is 11.9. The van der Waals surface area contributed by atoms with Gasteiger partial charge in [-0.15, -0.1) is 23.5 Å². The molecule has 0 radical (unpaired) electrons. The number of methoxy groups -OCH3 is 1. The predicted octanol–water partition coefficient (Wildman–Crippen LogP) is 3.43. The van der Waals surface area contributed by atoms with Gasteiger partial charge in [0.15, 0.2) is 6.79 Å². The van der Waals surface area contributed by atoms with Gasteiger partial charge in [0.1, 0.15) is 5.75 Å². The van der Waals surface area contributed by atoms with E-state index < -0.39 is 0 Å². The highest BCUT2D eigenvalue weighted by Crippen LogP contribution is 2.28. The maximum absolute atomic E-state index is 5.48. The van der Waals surface area contributed by atoms with Crippen molar-refractivity contribution in [2.24, 2.45) is 0 Å². The second-order valence-corrected chi connectivity index (χ2v) is 5.27. The topological polar surface area (TPSA) is 18.5 Å². The molecule has 1 aromatic rings. The maximum Gasteiger partial charge on any atom is 0.188 e. The van der Waals surface area contributed by atoms with Crippen LogP contribution in [0, 0.1) is 0 Å². The molecule has 16 heavy (non-hydrogen) atoms. The summed E-state index contributed by atoms with van der Waals surface area (Å²) in [7, 11) is 1.60. The highest BCUT2D eigenvalue weighted by Gasteiger charge is 2.09. The van der Waals surface area contributed by atoms with Crippen molar-refractivity contribution in [3.8, 4) is 5.75 Å². The number of hydrogen-bond donors (Lipinski definition) is 0. The summed E-state index contributed by atoms with van der Waals surface area (Å²) in [5.41, 5.74) is 0.964. The van der Waals surface area contributed by atoms with Gasteiger partial charge in [0, 0.05) is 17.6 Å². The average Bonchev–Trinajstić information content (AvgIpc) is 2.35. The van der Waals surface area contributed by atoms with E-state index in [4.69, 9.17) is 21.7 Å². The van der Waals surface area contributed by atoms with Crippen molar-refractivity contribution < 1.29 is 9.47 Å². The molecule has 5 heteroatoms. The van der Waals surface area contributed by atoms with Crippen molar-refractivity contribution in [3.63, 3.8) is 0 Å². The first-order chi connectivity index (χ1) is 7.72. The molecule has 0 saturated carbocycles. The lowest BCUT2D eigenvalue weighted by Gasteiger charge is -2.11. The third-order valence-electron chi connectivity index (χ3n) is 1.92. The Kier molecular flexibility index (Phi) is 6.20. The first-order valence-electron chi connectivity index (χ1n) is 4.61. The SMILES string of the molecule is COCOc1ccc(SC)cc1C(=S)SC. The smallest absolute Gasteiger partial charge is 0.188 e. The second kappa shape index (κ2) is 7.17. The number of benzene rings is 1. The molecular formula is C11H14O2S3. The third-order valence-corrected chi connectivity index (χ3v) is 3.96. The summed E-state index contributed by atoms with van der Waals surface area (Å²) in [5.74, 6) is 0.777. The molecular weight excluding hydrogens is 260 g/mol. The van der Waals surface area contributed by atoms with Crippen molar-refractivity contribution >= 4 is 39.9 Å². The van der Waals surface area contributed by atoms with Gasteiger partial charge in [-0.05, 0) is 30.7 Å². The minimum absolute atomic E-state index is 0.239. The van der Waals surface area contributed by atoms with Crippen LogP contribution in [0.1, 0.15) is 5.56 Å². The van der Waals surface area contributed by atoms with E-state index in [9.17, 15) is 0 Å². The van der Waals surface area contributed by atoms with Crippen LogP contribution in [-0.2, 0) is 4.74 Å². The quantitative estimate of drug-likeness (QED) is 0.464. The zero-order valence-electron chi connectivity index (χ0n) is 9.48. The van der Waals surface area contributed by atoms with Crippen molar-refractivity contribution in [1.29, 1.82) is 0 Å². The molecule has 0 fully saturated rings. The molecule has 0 aliphatic heterocycles. The van der Waals surface area contributed by atoms with Gasteiger partial charge in [-0.2, -0.15) is 0 Å². The molecule has 0 heterocycles. The lowest BCUT2D eigenvalue weighted by Crippen LogP contribution is -2.03. The normalized spacial score (nSPS) is 10.2. The number of hydrogen-bond acceptors (Lipinski definition) is 5. The van der Waals surface area contributed by atoms with Gasteiger partial charge in [-0.1, -0.05) is 12.2 Å². The molecule has 0 aliphatic carbocycles. The number of rotatable bonds is 5. The lowest BCUT2D eigenvalue weighted by atomic mass is 10.2. The van der Waals surface area contributed by atoms with Crippen molar-refractivity contribution in [2.45, 2.75) is 4.90 Å². The van der Waals surface area contributed by atoms with Gasteiger partial charge < -0.3 is 9.47 Å². The van der Waals surface area contributed by atoms with Crippen LogP contribution >= 0.6 is 35.7 Å². The first kappa shape index (κ1) is 13.8.